The van der Waals surface area contributed by atoms with Gasteiger partial charge in [0.05, 0.1) is 4.92 Å². The Balaban J connectivity index is 1.32. The van der Waals surface area contributed by atoms with Crippen LogP contribution >= 0.6 is 23.6 Å². The van der Waals surface area contributed by atoms with Crippen molar-refractivity contribution in [2.45, 2.75) is 10.8 Å². The molecule has 202 valence electrons. The quantitative estimate of drug-likeness (QED) is 0.0840. The fraction of sp³-hybridized carbons (Fsp3) is 0.115. The van der Waals surface area contributed by atoms with E-state index in [9.17, 15) is 23.6 Å². The molecule has 4 aromatic rings. The van der Waals surface area contributed by atoms with Crippen molar-refractivity contribution in [3.05, 3.63) is 101 Å². The van der Waals surface area contributed by atoms with Crippen LogP contribution in [0.3, 0.4) is 0 Å². The number of anilines is 1. The normalized spacial score (nSPS) is 11.1. The number of nitrogens with zero attached hydrogens (tertiary/aromatic N) is 1. The van der Waals surface area contributed by atoms with Crippen molar-refractivity contribution in [3.8, 4) is 21.9 Å². The molecular formula is C26H24N4O6S3. The number of benzene rings is 3. The topological polar surface area (TPSA) is 143 Å². The molecule has 10 nitrogen and oxygen atoms in total. The van der Waals surface area contributed by atoms with Crippen molar-refractivity contribution < 1.29 is 23.2 Å². The molecule has 0 saturated carbocycles. The molecular weight excluding hydrogens is 561 g/mol. The molecule has 13 heteroatoms. The number of hydrogen-bond acceptors (Lipinski definition) is 8. The van der Waals surface area contributed by atoms with Gasteiger partial charge in [0.1, 0.15) is 22.3 Å². The van der Waals surface area contributed by atoms with Crippen molar-refractivity contribution in [2.75, 3.05) is 18.4 Å². The van der Waals surface area contributed by atoms with E-state index in [1.807, 2.05) is 24.3 Å². The molecule has 1 aromatic heterocycles. The van der Waals surface area contributed by atoms with E-state index in [2.05, 4.69) is 15.4 Å². The average molecular weight is 585 g/mol. The smallest absolute Gasteiger partial charge is 0.271 e. The molecule has 0 fully saturated rings. The first-order valence-electron chi connectivity index (χ1n) is 11.6. The zero-order valence-corrected chi connectivity index (χ0v) is 22.8. The van der Waals surface area contributed by atoms with Gasteiger partial charge >= 0.3 is 0 Å². The molecule has 0 saturated heterocycles. The first-order valence-corrected chi connectivity index (χ1v) is 14.3. The van der Waals surface area contributed by atoms with Gasteiger partial charge in [0.25, 0.3) is 5.69 Å². The maximum atomic E-state index is 12.8. The Morgan fingerprint density at radius 2 is 1.79 bits per heavy atom. The zero-order chi connectivity index (χ0) is 27.8. The predicted octanol–water partition coefficient (Wildman–Crippen LogP) is 4.87. The summed E-state index contributed by atoms with van der Waals surface area (Å²) in [7, 11) is -3.77. The molecule has 39 heavy (non-hydrogen) atoms. The van der Waals surface area contributed by atoms with Crippen LogP contribution in [-0.4, -0.2) is 36.6 Å². The molecule has 0 amide bonds. The highest BCUT2D eigenvalue weighted by Gasteiger charge is 2.18. The van der Waals surface area contributed by atoms with E-state index in [0.29, 0.717) is 11.4 Å². The first-order chi connectivity index (χ1) is 18.7. The van der Waals surface area contributed by atoms with Crippen LogP contribution in [0.4, 0.5) is 11.4 Å². The molecule has 4 N–H and O–H groups in total. The number of sulfonamides is 1. The molecule has 3 aromatic carbocycles. The summed E-state index contributed by atoms with van der Waals surface area (Å²) in [5.41, 5.74) is 1.93. The third kappa shape index (κ3) is 7.74. The van der Waals surface area contributed by atoms with E-state index >= 15 is 0 Å². The Morgan fingerprint density at radius 1 is 1.00 bits per heavy atom. The number of nitro benzene ring substituents is 1. The van der Waals surface area contributed by atoms with E-state index in [-0.39, 0.29) is 40.5 Å². The number of para-hydroxylation sites is 1. The number of ether oxygens (including phenoxy) is 1. The standard InChI is InChI=1S/C26H24N4O6S3/c31-21-8-3-5-18(15-21)17-36-23-10-2-1-9-22(23)24-11-12-25(38-24)39(34,35)28-14-13-27-26(37)29-19-6-4-7-20(16-19)30(32)33/h1-12,15-16,28,31H,13-14,17H2,(H2,27,29,37). The largest absolute Gasteiger partial charge is 0.508 e. The van der Waals surface area contributed by atoms with Gasteiger partial charge in [-0.3, -0.25) is 10.1 Å². The van der Waals surface area contributed by atoms with Gasteiger partial charge in [0.2, 0.25) is 10.0 Å². The Labute approximate surface area is 234 Å². The third-order valence-electron chi connectivity index (χ3n) is 5.32. The summed E-state index contributed by atoms with van der Waals surface area (Å²) < 4.78 is 34.3. The van der Waals surface area contributed by atoms with Gasteiger partial charge in [0, 0.05) is 41.4 Å². The van der Waals surface area contributed by atoms with Crippen LogP contribution in [0.2, 0.25) is 0 Å². The molecule has 1 heterocycles. The minimum Gasteiger partial charge on any atom is -0.508 e. The number of rotatable bonds is 11. The number of aromatic hydroxyl groups is 1. The fourth-order valence-electron chi connectivity index (χ4n) is 3.52. The lowest BCUT2D eigenvalue weighted by atomic mass is 10.1. The Kier molecular flexibility index (Phi) is 9.09. The Bertz CT molecular complexity index is 1590. The molecule has 0 aliphatic carbocycles. The molecule has 0 aliphatic heterocycles. The summed E-state index contributed by atoms with van der Waals surface area (Å²) in [5, 5.41) is 26.5. The lowest BCUT2D eigenvalue weighted by Gasteiger charge is -2.11. The highest BCUT2D eigenvalue weighted by atomic mass is 32.2. The summed E-state index contributed by atoms with van der Waals surface area (Å²) in [4.78, 5) is 11.1. The van der Waals surface area contributed by atoms with Crippen LogP contribution in [-0.2, 0) is 16.6 Å². The van der Waals surface area contributed by atoms with Gasteiger partial charge in [-0.1, -0.05) is 30.3 Å². The Hall–Kier alpha value is -4.04. The van der Waals surface area contributed by atoms with Crippen LogP contribution in [0.1, 0.15) is 5.56 Å². The molecule has 0 aliphatic rings. The van der Waals surface area contributed by atoms with Gasteiger partial charge in [0.15, 0.2) is 5.11 Å². The first kappa shape index (κ1) is 28.0. The fourth-order valence-corrected chi connectivity index (χ4v) is 6.15. The number of hydrogen-bond donors (Lipinski definition) is 4. The number of phenolic OH excluding ortho intramolecular Hbond substituents is 1. The van der Waals surface area contributed by atoms with Gasteiger partial charge in [-0.25, -0.2) is 13.1 Å². The number of phenols is 1. The summed E-state index contributed by atoms with van der Waals surface area (Å²) in [6, 6.07) is 23.3. The highest BCUT2D eigenvalue weighted by Crippen LogP contribution is 2.36. The van der Waals surface area contributed by atoms with Crippen LogP contribution in [0, 0.1) is 10.1 Å². The second-order valence-corrected chi connectivity index (χ2v) is 11.6. The van der Waals surface area contributed by atoms with E-state index in [1.54, 1.807) is 36.4 Å². The number of non-ortho nitro benzene ring substituents is 1. The van der Waals surface area contributed by atoms with Crippen LogP contribution in [0.25, 0.3) is 10.4 Å². The summed E-state index contributed by atoms with van der Waals surface area (Å²) in [6.07, 6.45) is 0. The molecule has 0 radical (unpaired) electrons. The highest BCUT2D eigenvalue weighted by molar-refractivity contribution is 7.91. The average Bonchev–Trinajstić information content (AvgIpc) is 3.42. The summed E-state index contributed by atoms with van der Waals surface area (Å²) >= 11 is 6.30. The van der Waals surface area contributed by atoms with Gasteiger partial charge in [-0.15, -0.1) is 11.3 Å². The number of thiocarbonyl (C=S) groups is 1. The van der Waals surface area contributed by atoms with Crippen LogP contribution in [0.15, 0.2) is 89.1 Å². The minimum atomic E-state index is -3.77. The molecule has 0 atom stereocenters. The summed E-state index contributed by atoms with van der Waals surface area (Å²) in [6.45, 7) is 0.508. The lowest BCUT2D eigenvalue weighted by molar-refractivity contribution is -0.384. The molecule has 0 unspecified atom stereocenters. The Morgan fingerprint density at radius 3 is 2.59 bits per heavy atom. The maximum Gasteiger partial charge on any atom is 0.271 e. The second kappa shape index (κ2) is 12.7. The third-order valence-corrected chi connectivity index (χ3v) is 8.64. The minimum absolute atomic E-state index is 0.0654. The van der Waals surface area contributed by atoms with Crippen molar-refractivity contribution in [1.82, 2.24) is 10.0 Å². The van der Waals surface area contributed by atoms with E-state index < -0.39 is 14.9 Å². The van der Waals surface area contributed by atoms with Crippen molar-refractivity contribution in [3.63, 3.8) is 0 Å². The predicted molar refractivity (Wildman–Crippen MR) is 155 cm³/mol. The number of nitrogens with one attached hydrogen (secondary N) is 3. The van der Waals surface area contributed by atoms with Gasteiger partial charge in [-0.05, 0) is 60.2 Å². The number of nitro groups is 1. The SMILES string of the molecule is O=[N+]([O-])c1cccc(NC(=S)NCCNS(=O)(=O)c2ccc(-c3ccccc3OCc3cccc(O)c3)s2)c1. The van der Waals surface area contributed by atoms with Crippen LogP contribution in [0.5, 0.6) is 11.5 Å². The lowest BCUT2D eigenvalue weighted by Crippen LogP contribution is -2.36. The summed E-state index contributed by atoms with van der Waals surface area (Å²) in [5.74, 6) is 0.745. The monoisotopic (exact) mass is 584 g/mol. The van der Waals surface area contributed by atoms with Crippen molar-refractivity contribution >= 4 is 50.1 Å². The van der Waals surface area contributed by atoms with E-state index in [0.717, 1.165) is 27.3 Å². The van der Waals surface area contributed by atoms with Crippen molar-refractivity contribution in [2.24, 2.45) is 0 Å². The van der Waals surface area contributed by atoms with Gasteiger partial charge in [-0.2, -0.15) is 0 Å². The molecule has 0 bridgehead atoms. The van der Waals surface area contributed by atoms with Crippen LogP contribution < -0.4 is 20.1 Å². The molecule has 0 spiro atoms. The molecule has 4 rings (SSSR count). The van der Waals surface area contributed by atoms with E-state index in [1.165, 1.54) is 24.3 Å². The maximum absolute atomic E-state index is 12.8. The number of thiophene rings is 1. The zero-order valence-electron chi connectivity index (χ0n) is 20.4. The van der Waals surface area contributed by atoms with E-state index in [4.69, 9.17) is 17.0 Å². The van der Waals surface area contributed by atoms with Gasteiger partial charge < -0.3 is 20.5 Å². The second-order valence-electron chi connectivity index (χ2n) is 8.16. The van der Waals surface area contributed by atoms with Crippen molar-refractivity contribution in [1.29, 1.82) is 0 Å².